The molecule has 3 rings (SSSR count). The van der Waals surface area contributed by atoms with Crippen molar-refractivity contribution in [1.29, 1.82) is 0 Å². The summed E-state index contributed by atoms with van der Waals surface area (Å²) in [5.41, 5.74) is 6.47. The van der Waals surface area contributed by atoms with E-state index in [9.17, 15) is 0 Å². The molecule has 0 spiro atoms. The minimum Gasteiger partial charge on any atom is -0.314 e. The lowest BCUT2D eigenvalue weighted by Gasteiger charge is -2.35. The van der Waals surface area contributed by atoms with Crippen molar-refractivity contribution >= 4 is 0 Å². The molecule has 0 amide bonds. The third-order valence-electron chi connectivity index (χ3n) is 4.39. The van der Waals surface area contributed by atoms with Gasteiger partial charge < -0.3 is 5.32 Å². The highest BCUT2D eigenvalue weighted by Crippen LogP contribution is 2.30. The van der Waals surface area contributed by atoms with E-state index in [1.165, 1.54) is 27.9 Å². The molecule has 3 nitrogen and oxygen atoms in total. The molecule has 0 bridgehead atoms. The monoisotopic (exact) mass is 295 g/mol. The largest absolute Gasteiger partial charge is 0.314 e. The Morgan fingerprint density at radius 3 is 2.36 bits per heavy atom. The highest BCUT2D eigenvalue weighted by Gasteiger charge is 2.26. The van der Waals surface area contributed by atoms with Crippen molar-refractivity contribution in [1.82, 2.24) is 15.2 Å². The molecule has 116 valence electrons. The quantitative estimate of drug-likeness (QED) is 0.943. The molecule has 1 N–H and O–H groups in total. The van der Waals surface area contributed by atoms with Crippen molar-refractivity contribution in [2.24, 2.45) is 0 Å². The van der Waals surface area contributed by atoms with Crippen molar-refractivity contribution in [3.63, 3.8) is 0 Å². The van der Waals surface area contributed by atoms with Crippen LogP contribution in [0, 0.1) is 20.8 Å². The third kappa shape index (κ3) is 3.21. The lowest BCUT2D eigenvalue weighted by Crippen LogP contribution is -2.45. The van der Waals surface area contributed by atoms with Gasteiger partial charge in [-0.1, -0.05) is 35.4 Å². The summed E-state index contributed by atoms with van der Waals surface area (Å²) in [6.07, 6.45) is 1.92. The summed E-state index contributed by atoms with van der Waals surface area (Å²) in [7, 11) is 0. The van der Waals surface area contributed by atoms with E-state index in [1.54, 1.807) is 0 Å². The zero-order chi connectivity index (χ0) is 15.5. The Kier molecular flexibility index (Phi) is 4.55. The molecule has 1 fully saturated rings. The van der Waals surface area contributed by atoms with Gasteiger partial charge in [-0.15, -0.1) is 0 Å². The molecule has 0 aliphatic carbocycles. The second kappa shape index (κ2) is 6.59. The van der Waals surface area contributed by atoms with Crippen molar-refractivity contribution in [3.05, 3.63) is 64.5 Å². The maximum atomic E-state index is 4.73. The first-order chi connectivity index (χ1) is 10.6. The molecule has 22 heavy (non-hydrogen) atoms. The molecule has 0 saturated carbocycles. The van der Waals surface area contributed by atoms with E-state index in [1.807, 2.05) is 12.3 Å². The first-order valence-electron chi connectivity index (χ1n) is 8.09. The van der Waals surface area contributed by atoms with E-state index in [-0.39, 0.29) is 6.04 Å². The topological polar surface area (TPSA) is 28.2 Å². The molecule has 1 aromatic carbocycles. The number of nitrogens with one attached hydrogen (secondary N) is 1. The fourth-order valence-electron chi connectivity index (χ4n) is 3.43. The average molecular weight is 295 g/mol. The van der Waals surface area contributed by atoms with Crippen LogP contribution in [-0.2, 0) is 0 Å². The summed E-state index contributed by atoms with van der Waals surface area (Å²) < 4.78 is 0. The van der Waals surface area contributed by atoms with E-state index in [0.29, 0.717) is 0 Å². The minimum absolute atomic E-state index is 0.252. The normalized spacial score (nSPS) is 17.4. The Labute approximate surface area is 133 Å². The Balaban J connectivity index is 2.07. The van der Waals surface area contributed by atoms with Crippen LogP contribution < -0.4 is 5.32 Å². The van der Waals surface area contributed by atoms with Crippen molar-refractivity contribution < 1.29 is 0 Å². The summed E-state index contributed by atoms with van der Waals surface area (Å²) in [5, 5.41) is 3.45. The van der Waals surface area contributed by atoms with Crippen LogP contribution in [0.2, 0.25) is 0 Å². The van der Waals surface area contributed by atoms with Crippen molar-refractivity contribution in [2.75, 3.05) is 26.2 Å². The average Bonchev–Trinajstić information content (AvgIpc) is 2.50. The molecular weight excluding hydrogens is 270 g/mol. The van der Waals surface area contributed by atoms with Gasteiger partial charge in [0.25, 0.3) is 0 Å². The molecule has 0 radical (unpaired) electrons. The van der Waals surface area contributed by atoms with E-state index < -0.39 is 0 Å². The molecule has 3 heteroatoms. The van der Waals surface area contributed by atoms with E-state index in [4.69, 9.17) is 4.98 Å². The number of nitrogens with zero attached hydrogens (tertiary/aromatic N) is 2. The van der Waals surface area contributed by atoms with Crippen LogP contribution in [0.4, 0.5) is 0 Å². The summed E-state index contributed by atoms with van der Waals surface area (Å²) in [6, 6.07) is 11.3. The molecule has 1 aromatic heterocycles. The number of benzene rings is 1. The smallest absolute Gasteiger partial charge is 0.0780 e. The zero-order valence-corrected chi connectivity index (χ0v) is 13.8. The van der Waals surface area contributed by atoms with E-state index >= 15 is 0 Å². The molecule has 2 aromatic rings. The summed E-state index contributed by atoms with van der Waals surface area (Å²) >= 11 is 0. The number of aromatic nitrogens is 1. The van der Waals surface area contributed by atoms with Gasteiger partial charge in [0.05, 0.1) is 11.7 Å². The molecule has 1 atom stereocenters. The summed E-state index contributed by atoms with van der Waals surface area (Å²) in [4.78, 5) is 7.28. The molecule has 1 saturated heterocycles. The predicted molar refractivity (Wildman–Crippen MR) is 91.2 cm³/mol. The van der Waals surface area contributed by atoms with Crippen LogP contribution in [-0.4, -0.2) is 36.1 Å². The Morgan fingerprint density at radius 1 is 1.05 bits per heavy atom. The van der Waals surface area contributed by atoms with Gasteiger partial charge in [-0.3, -0.25) is 9.88 Å². The standard InChI is InChI=1S/C19H25N3/c1-14-11-15(2)13-17(12-14)19(22-9-7-20-8-10-22)18-16(3)5-4-6-21-18/h4-6,11-13,19-20H,7-10H2,1-3H3. The van der Waals surface area contributed by atoms with Crippen LogP contribution in [0.25, 0.3) is 0 Å². The number of piperazine rings is 1. The Bertz CT molecular complexity index is 625. The van der Waals surface area contributed by atoms with Gasteiger partial charge in [-0.05, 0) is 38.0 Å². The van der Waals surface area contributed by atoms with Crippen molar-refractivity contribution in [3.8, 4) is 0 Å². The first-order valence-corrected chi connectivity index (χ1v) is 8.09. The van der Waals surface area contributed by atoms with Crippen LogP contribution in [0.5, 0.6) is 0 Å². The van der Waals surface area contributed by atoms with Crippen LogP contribution in [0.15, 0.2) is 36.5 Å². The molecule has 1 unspecified atom stereocenters. The van der Waals surface area contributed by atoms with E-state index in [2.05, 4.69) is 55.3 Å². The van der Waals surface area contributed by atoms with E-state index in [0.717, 1.165) is 26.2 Å². The highest BCUT2D eigenvalue weighted by molar-refractivity contribution is 5.37. The van der Waals surface area contributed by atoms with Gasteiger partial charge in [0.2, 0.25) is 0 Å². The number of aryl methyl sites for hydroxylation is 3. The molecular formula is C19H25N3. The predicted octanol–water partition coefficient (Wildman–Crippen LogP) is 3.00. The maximum absolute atomic E-state index is 4.73. The Hall–Kier alpha value is -1.71. The maximum Gasteiger partial charge on any atom is 0.0780 e. The zero-order valence-electron chi connectivity index (χ0n) is 13.8. The van der Waals surface area contributed by atoms with Gasteiger partial charge in [0, 0.05) is 32.4 Å². The number of rotatable bonds is 3. The van der Waals surface area contributed by atoms with Crippen molar-refractivity contribution in [2.45, 2.75) is 26.8 Å². The number of hydrogen-bond acceptors (Lipinski definition) is 3. The van der Waals surface area contributed by atoms with Crippen LogP contribution in [0.3, 0.4) is 0 Å². The molecule has 1 aliphatic heterocycles. The first kappa shape index (κ1) is 15.2. The second-order valence-corrected chi connectivity index (χ2v) is 6.32. The lowest BCUT2D eigenvalue weighted by atomic mass is 9.95. The highest BCUT2D eigenvalue weighted by atomic mass is 15.2. The SMILES string of the molecule is Cc1cc(C)cc(C(c2ncccc2C)N2CCNCC2)c1. The third-order valence-corrected chi connectivity index (χ3v) is 4.39. The lowest BCUT2D eigenvalue weighted by molar-refractivity contribution is 0.195. The van der Waals surface area contributed by atoms with Crippen LogP contribution in [0.1, 0.15) is 34.0 Å². The number of pyridine rings is 1. The van der Waals surface area contributed by atoms with Gasteiger partial charge in [-0.2, -0.15) is 0 Å². The minimum atomic E-state index is 0.252. The summed E-state index contributed by atoms with van der Waals surface area (Å²) in [5.74, 6) is 0. The van der Waals surface area contributed by atoms with Gasteiger partial charge in [0.15, 0.2) is 0 Å². The fraction of sp³-hybridized carbons (Fsp3) is 0.421. The number of hydrogen-bond donors (Lipinski definition) is 1. The molecule has 1 aliphatic rings. The second-order valence-electron chi connectivity index (χ2n) is 6.32. The van der Waals surface area contributed by atoms with Gasteiger partial charge >= 0.3 is 0 Å². The Morgan fingerprint density at radius 2 is 1.73 bits per heavy atom. The van der Waals surface area contributed by atoms with Gasteiger partial charge in [-0.25, -0.2) is 0 Å². The fourth-order valence-corrected chi connectivity index (χ4v) is 3.43. The summed E-state index contributed by atoms with van der Waals surface area (Å²) in [6.45, 7) is 10.7. The van der Waals surface area contributed by atoms with Gasteiger partial charge in [0.1, 0.15) is 0 Å². The molecule has 2 heterocycles. The van der Waals surface area contributed by atoms with Crippen LogP contribution >= 0.6 is 0 Å².